The van der Waals surface area contributed by atoms with Crippen molar-refractivity contribution < 1.29 is 4.74 Å². The second-order valence-electron chi connectivity index (χ2n) is 9.30. The van der Waals surface area contributed by atoms with Gasteiger partial charge in [0.05, 0.1) is 11.4 Å². The lowest BCUT2D eigenvalue weighted by atomic mass is 9.93. The second kappa shape index (κ2) is 9.30. The highest BCUT2D eigenvalue weighted by molar-refractivity contribution is 6.09. The van der Waals surface area contributed by atoms with Crippen LogP contribution in [0.25, 0.3) is 0 Å². The van der Waals surface area contributed by atoms with Crippen LogP contribution >= 0.6 is 0 Å². The Morgan fingerprint density at radius 2 is 1.05 bits per heavy atom. The van der Waals surface area contributed by atoms with Gasteiger partial charge >= 0.3 is 0 Å². The number of hydrogen-bond acceptors (Lipinski definition) is 5. The van der Waals surface area contributed by atoms with Gasteiger partial charge in [-0.15, -0.1) is 0 Å². The average molecular weight is 495 g/mol. The molecule has 5 heteroatoms. The Balaban J connectivity index is 1.54. The van der Waals surface area contributed by atoms with Gasteiger partial charge in [-0.25, -0.2) is 0 Å². The SMILES string of the molecule is c1ccc(C2=NN(c3ccccc3)N3N(c4ccccc4)C(c4ccccc4)OC23c2ccccc2)cc1. The third kappa shape index (κ3) is 3.52. The Bertz CT molecular complexity index is 1550. The fourth-order valence-electron chi connectivity index (χ4n) is 5.30. The highest BCUT2D eigenvalue weighted by atomic mass is 16.6. The summed E-state index contributed by atoms with van der Waals surface area (Å²) in [6.07, 6.45) is -0.403. The number of hydrazine groups is 2. The summed E-state index contributed by atoms with van der Waals surface area (Å²) in [4.78, 5) is 0. The molecule has 7 rings (SSSR count). The molecule has 0 saturated carbocycles. The minimum Gasteiger partial charge on any atom is -0.318 e. The van der Waals surface area contributed by atoms with Crippen LogP contribution in [0, 0.1) is 0 Å². The molecule has 0 aromatic heterocycles. The Morgan fingerprint density at radius 3 is 1.66 bits per heavy atom. The van der Waals surface area contributed by atoms with Gasteiger partial charge < -0.3 is 4.74 Å². The molecule has 5 nitrogen and oxygen atoms in total. The van der Waals surface area contributed by atoms with E-state index in [4.69, 9.17) is 9.84 Å². The van der Waals surface area contributed by atoms with E-state index in [9.17, 15) is 0 Å². The molecular formula is C33H26N4O. The first-order valence-corrected chi connectivity index (χ1v) is 12.8. The highest BCUT2D eigenvalue weighted by Crippen LogP contribution is 2.54. The quantitative estimate of drug-likeness (QED) is 0.260. The lowest BCUT2D eigenvalue weighted by molar-refractivity contribution is -0.0492. The van der Waals surface area contributed by atoms with E-state index in [1.807, 2.05) is 59.7 Å². The van der Waals surface area contributed by atoms with E-state index in [2.05, 4.69) is 107 Å². The number of benzene rings is 5. The maximum absolute atomic E-state index is 7.31. The number of hydrogen-bond donors (Lipinski definition) is 0. The number of rotatable bonds is 5. The molecule has 2 aliphatic heterocycles. The van der Waals surface area contributed by atoms with Crippen LogP contribution in [0.15, 0.2) is 157 Å². The topological polar surface area (TPSA) is 31.3 Å². The van der Waals surface area contributed by atoms with E-state index in [1.54, 1.807) is 0 Å². The van der Waals surface area contributed by atoms with Gasteiger partial charge in [-0.3, -0.25) is 5.01 Å². The predicted octanol–water partition coefficient (Wildman–Crippen LogP) is 7.13. The smallest absolute Gasteiger partial charge is 0.233 e. The lowest BCUT2D eigenvalue weighted by Gasteiger charge is -2.39. The summed E-state index contributed by atoms with van der Waals surface area (Å²) < 4.78 is 7.31. The maximum atomic E-state index is 7.31. The van der Waals surface area contributed by atoms with Crippen molar-refractivity contribution in [1.82, 2.24) is 5.12 Å². The molecule has 2 atom stereocenters. The van der Waals surface area contributed by atoms with Crippen molar-refractivity contribution in [1.29, 1.82) is 0 Å². The minimum atomic E-state index is -1.02. The highest BCUT2D eigenvalue weighted by Gasteiger charge is 2.63. The molecule has 0 amide bonds. The molecule has 38 heavy (non-hydrogen) atoms. The Kier molecular flexibility index (Phi) is 5.51. The summed E-state index contributed by atoms with van der Waals surface area (Å²) in [7, 11) is 0. The van der Waals surface area contributed by atoms with Crippen LogP contribution in [-0.4, -0.2) is 10.8 Å². The fourth-order valence-corrected chi connectivity index (χ4v) is 5.30. The predicted molar refractivity (Wildman–Crippen MR) is 151 cm³/mol. The van der Waals surface area contributed by atoms with Crippen molar-refractivity contribution in [2.75, 3.05) is 10.1 Å². The third-order valence-corrected chi connectivity index (χ3v) is 6.99. The number of nitrogens with zero attached hydrogens (tertiary/aromatic N) is 4. The summed E-state index contributed by atoms with van der Waals surface area (Å²) in [5, 5.41) is 11.6. The van der Waals surface area contributed by atoms with Gasteiger partial charge in [0.25, 0.3) is 0 Å². The zero-order valence-corrected chi connectivity index (χ0v) is 20.7. The van der Waals surface area contributed by atoms with Crippen molar-refractivity contribution >= 4 is 17.1 Å². The van der Waals surface area contributed by atoms with E-state index < -0.39 is 12.0 Å². The van der Waals surface area contributed by atoms with Crippen molar-refractivity contribution in [3.63, 3.8) is 0 Å². The van der Waals surface area contributed by atoms with Gasteiger partial charge in [0.15, 0.2) is 6.23 Å². The van der Waals surface area contributed by atoms with Crippen LogP contribution in [0.5, 0.6) is 0 Å². The van der Waals surface area contributed by atoms with E-state index in [-0.39, 0.29) is 0 Å². The third-order valence-electron chi connectivity index (χ3n) is 6.99. The molecule has 0 aliphatic carbocycles. The number of hydrazone groups is 1. The van der Waals surface area contributed by atoms with Gasteiger partial charge in [-0.05, 0) is 24.3 Å². The lowest BCUT2D eigenvalue weighted by Crippen LogP contribution is -2.55. The van der Waals surface area contributed by atoms with Crippen molar-refractivity contribution in [3.05, 3.63) is 168 Å². The second-order valence-corrected chi connectivity index (χ2v) is 9.30. The normalized spacial score (nSPS) is 20.8. The van der Waals surface area contributed by atoms with Crippen molar-refractivity contribution in [3.8, 4) is 0 Å². The summed E-state index contributed by atoms with van der Waals surface area (Å²) in [6.45, 7) is 0. The maximum Gasteiger partial charge on any atom is 0.233 e. The summed E-state index contributed by atoms with van der Waals surface area (Å²) >= 11 is 0. The standard InChI is InChI=1S/C33H26N4O/c1-6-16-26(17-7-1)31-33(28-20-10-3-11-21-28)37(36(34-31)30-24-14-5-15-25-30)35(29-22-12-4-13-23-29)32(38-33)27-18-8-2-9-19-27/h1-25,32H. The van der Waals surface area contributed by atoms with Crippen LogP contribution in [0.2, 0.25) is 0 Å². The molecule has 5 aromatic rings. The Hall–Kier alpha value is -4.71. The molecular weight excluding hydrogens is 468 g/mol. The van der Waals surface area contributed by atoms with Crippen molar-refractivity contribution in [2.45, 2.75) is 12.0 Å². The summed E-state index contributed by atoms with van der Waals surface area (Å²) in [5.74, 6) is 0. The van der Waals surface area contributed by atoms with Crippen LogP contribution < -0.4 is 10.1 Å². The van der Waals surface area contributed by atoms with Crippen LogP contribution in [0.4, 0.5) is 11.4 Å². The Labute approximate surface area is 222 Å². The molecule has 2 aliphatic rings. The van der Waals surface area contributed by atoms with Crippen LogP contribution in [0.3, 0.4) is 0 Å². The first kappa shape index (κ1) is 22.5. The molecule has 184 valence electrons. The number of fused-ring (bicyclic) bond motifs is 1. The molecule has 1 saturated heterocycles. The largest absolute Gasteiger partial charge is 0.318 e. The number of para-hydroxylation sites is 2. The summed E-state index contributed by atoms with van der Waals surface area (Å²) in [6, 6.07) is 51.7. The Morgan fingerprint density at radius 1 is 0.553 bits per heavy atom. The zero-order valence-electron chi connectivity index (χ0n) is 20.7. The first-order chi connectivity index (χ1) is 18.9. The molecule has 2 unspecified atom stereocenters. The molecule has 0 spiro atoms. The van der Waals surface area contributed by atoms with Crippen molar-refractivity contribution in [2.24, 2.45) is 5.10 Å². The molecule has 2 heterocycles. The van der Waals surface area contributed by atoms with Crippen LogP contribution in [0.1, 0.15) is 22.9 Å². The van der Waals surface area contributed by atoms with E-state index in [0.717, 1.165) is 33.8 Å². The zero-order chi connectivity index (χ0) is 25.4. The van der Waals surface area contributed by atoms with E-state index >= 15 is 0 Å². The first-order valence-electron chi connectivity index (χ1n) is 12.8. The number of anilines is 2. The summed E-state index contributed by atoms with van der Waals surface area (Å²) in [5.41, 5.74) is 4.81. The molecule has 1 fully saturated rings. The molecule has 5 aromatic carbocycles. The average Bonchev–Trinajstić information content (AvgIpc) is 3.53. The van der Waals surface area contributed by atoms with E-state index in [1.165, 1.54) is 0 Å². The van der Waals surface area contributed by atoms with Gasteiger partial charge in [-0.2, -0.15) is 10.2 Å². The van der Waals surface area contributed by atoms with Crippen LogP contribution in [-0.2, 0) is 10.5 Å². The molecule has 0 radical (unpaired) electrons. The van der Waals surface area contributed by atoms with Gasteiger partial charge in [0.2, 0.25) is 5.72 Å². The minimum absolute atomic E-state index is 0.403. The van der Waals surface area contributed by atoms with Gasteiger partial charge in [0.1, 0.15) is 5.71 Å². The monoisotopic (exact) mass is 494 g/mol. The van der Waals surface area contributed by atoms with Gasteiger partial charge in [0, 0.05) is 16.7 Å². The van der Waals surface area contributed by atoms with Gasteiger partial charge in [-0.1, -0.05) is 133 Å². The molecule has 0 bridgehead atoms. The fraction of sp³-hybridized carbons (Fsp3) is 0.0606. The number of ether oxygens (including phenoxy) is 1. The molecule has 0 N–H and O–H groups in total. The van der Waals surface area contributed by atoms with E-state index in [0.29, 0.717) is 0 Å².